The average molecular weight is 290 g/mol. The van der Waals surface area contributed by atoms with Gasteiger partial charge < -0.3 is 10.5 Å². The molecule has 21 heavy (non-hydrogen) atoms. The maximum atomic E-state index is 6.09. The van der Waals surface area contributed by atoms with Gasteiger partial charge >= 0.3 is 0 Å². The number of hydrogen-bond donors (Lipinski definition) is 1. The summed E-state index contributed by atoms with van der Waals surface area (Å²) in [6.07, 6.45) is 2.36. The lowest BCUT2D eigenvalue weighted by Crippen LogP contribution is -2.43. The molecule has 0 aliphatic carbocycles. The standard InChI is InChI=1S/C18H30N2O/c1-4-8-21-17-7-5-6-16(10-17)18(11-19)20-12-14(2)9-15(3)13-20/h5-7,10,14-15,18H,4,8-9,11-13,19H2,1-3H3. The van der Waals surface area contributed by atoms with Gasteiger partial charge in [-0.15, -0.1) is 0 Å². The Morgan fingerprint density at radius 2 is 2.00 bits per heavy atom. The Morgan fingerprint density at radius 1 is 1.29 bits per heavy atom. The van der Waals surface area contributed by atoms with Gasteiger partial charge in [0.15, 0.2) is 0 Å². The largest absolute Gasteiger partial charge is 0.494 e. The topological polar surface area (TPSA) is 38.5 Å². The highest BCUT2D eigenvalue weighted by molar-refractivity contribution is 5.31. The first-order valence-corrected chi connectivity index (χ1v) is 8.30. The molecule has 1 aromatic rings. The number of rotatable bonds is 6. The van der Waals surface area contributed by atoms with Crippen LogP contribution in [-0.4, -0.2) is 31.1 Å². The van der Waals surface area contributed by atoms with Crippen LogP contribution in [0, 0.1) is 11.8 Å². The Hall–Kier alpha value is -1.06. The number of benzene rings is 1. The summed E-state index contributed by atoms with van der Waals surface area (Å²) in [6.45, 7) is 10.5. The molecule has 1 fully saturated rings. The van der Waals surface area contributed by atoms with Crippen LogP contribution in [-0.2, 0) is 0 Å². The second-order valence-corrected chi connectivity index (χ2v) is 6.57. The third-order valence-corrected chi connectivity index (χ3v) is 4.28. The van der Waals surface area contributed by atoms with Gasteiger partial charge in [-0.25, -0.2) is 0 Å². The van der Waals surface area contributed by atoms with Crippen LogP contribution in [0.15, 0.2) is 24.3 Å². The Kier molecular flexibility index (Phi) is 6.07. The summed E-state index contributed by atoms with van der Waals surface area (Å²) in [5.74, 6) is 2.47. The first kappa shape index (κ1) is 16.3. The molecule has 2 N–H and O–H groups in total. The lowest BCUT2D eigenvalue weighted by molar-refractivity contribution is 0.0983. The summed E-state index contributed by atoms with van der Waals surface area (Å²) in [4.78, 5) is 2.55. The zero-order chi connectivity index (χ0) is 15.2. The van der Waals surface area contributed by atoms with Gasteiger partial charge in [0.2, 0.25) is 0 Å². The molecule has 0 aromatic heterocycles. The summed E-state index contributed by atoms with van der Waals surface area (Å²) in [6, 6.07) is 8.77. The van der Waals surface area contributed by atoms with Crippen LogP contribution in [0.25, 0.3) is 0 Å². The fourth-order valence-electron chi connectivity index (χ4n) is 3.49. The van der Waals surface area contributed by atoms with Gasteiger partial charge in [0, 0.05) is 25.7 Å². The Bertz CT molecular complexity index is 425. The van der Waals surface area contributed by atoms with Crippen LogP contribution >= 0.6 is 0 Å². The van der Waals surface area contributed by atoms with E-state index in [9.17, 15) is 0 Å². The lowest BCUT2D eigenvalue weighted by atomic mass is 9.89. The molecule has 1 heterocycles. The van der Waals surface area contributed by atoms with E-state index in [1.54, 1.807) is 0 Å². The summed E-state index contributed by atoms with van der Waals surface area (Å²) in [5, 5.41) is 0. The van der Waals surface area contributed by atoms with E-state index >= 15 is 0 Å². The average Bonchev–Trinajstić information content (AvgIpc) is 2.45. The molecule has 2 rings (SSSR count). The zero-order valence-corrected chi connectivity index (χ0v) is 13.7. The Labute approximate surface area is 129 Å². The SMILES string of the molecule is CCCOc1cccc(C(CN)N2CC(C)CC(C)C2)c1. The zero-order valence-electron chi connectivity index (χ0n) is 13.7. The molecule has 3 heteroatoms. The molecule has 3 nitrogen and oxygen atoms in total. The highest BCUT2D eigenvalue weighted by Crippen LogP contribution is 2.30. The molecule has 1 aliphatic rings. The van der Waals surface area contributed by atoms with Crippen molar-refractivity contribution in [1.29, 1.82) is 0 Å². The van der Waals surface area contributed by atoms with Crippen molar-refractivity contribution in [3.8, 4) is 5.75 Å². The molecule has 118 valence electrons. The minimum atomic E-state index is 0.306. The molecule has 1 aromatic carbocycles. The van der Waals surface area contributed by atoms with E-state index in [2.05, 4.69) is 43.9 Å². The van der Waals surface area contributed by atoms with Gasteiger partial charge in [-0.1, -0.05) is 32.9 Å². The number of likely N-dealkylation sites (tertiary alicyclic amines) is 1. The fourth-order valence-corrected chi connectivity index (χ4v) is 3.49. The minimum Gasteiger partial charge on any atom is -0.494 e. The molecule has 0 amide bonds. The molecule has 1 saturated heterocycles. The maximum Gasteiger partial charge on any atom is 0.119 e. The van der Waals surface area contributed by atoms with Crippen LogP contribution in [0.5, 0.6) is 5.75 Å². The van der Waals surface area contributed by atoms with Crippen molar-refractivity contribution in [2.24, 2.45) is 17.6 Å². The van der Waals surface area contributed by atoms with Crippen LogP contribution in [0.4, 0.5) is 0 Å². The summed E-state index contributed by atoms with van der Waals surface area (Å²) < 4.78 is 5.76. The second-order valence-electron chi connectivity index (χ2n) is 6.57. The van der Waals surface area contributed by atoms with E-state index in [-0.39, 0.29) is 0 Å². The summed E-state index contributed by atoms with van der Waals surface area (Å²) in [5.41, 5.74) is 7.38. The number of nitrogens with two attached hydrogens (primary N) is 1. The van der Waals surface area contributed by atoms with Crippen molar-refractivity contribution >= 4 is 0 Å². The highest BCUT2D eigenvalue weighted by atomic mass is 16.5. The highest BCUT2D eigenvalue weighted by Gasteiger charge is 2.27. The fraction of sp³-hybridized carbons (Fsp3) is 0.667. The van der Waals surface area contributed by atoms with E-state index in [4.69, 9.17) is 10.5 Å². The maximum absolute atomic E-state index is 6.09. The number of hydrogen-bond acceptors (Lipinski definition) is 3. The summed E-state index contributed by atoms with van der Waals surface area (Å²) in [7, 11) is 0. The van der Waals surface area contributed by atoms with E-state index in [0.29, 0.717) is 12.6 Å². The predicted molar refractivity (Wildman–Crippen MR) is 88.5 cm³/mol. The molecular weight excluding hydrogens is 260 g/mol. The van der Waals surface area contributed by atoms with Crippen molar-refractivity contribution in [2.75, 3.05) is 26.2 Å². The van der Waals surface area contributed by atoms with E-state index in [1.165, 1.54) is 12.0 Å². The number of ether oxygens (including phenoxy) is 1. The molecule has 3 atom stereocenters. The molecule has 0 radical (unpaired) electrons. The van der Waals surface area contributed by atoms with Gasteiger partial charge in [-0.3, -0.25) is 4.90 Å². The molecular formula is C18H30N2O. The van der Waals surface area contributed by atoms with Crippen molar-refractivity contribution < 1.29 is 4.74 Å². The number of piperidine rings is 1. The van der Waals surface area contributed by atoms with Gasteiger partial charge in [-0.05, 0) is 42.4 Å². The third kappa shape index (κ3) is 4.45. The van der Waals surface area contributed by atoms with Crippen molar-refractivity contribution in [2.45, 2.75) is 39.7 Å². The number of nitrogens with zero attached hydrogens (tertiary/aromatic N) is 1. The van der Waals surface area contributed by atoms with Gasteiger partial charge in [0.25, 0.3) is 0 Å². The monoisotopic (exact) mass is 290 g/mol. The van der Waals surface area contributed by atoms with Crippen molar-refractivity contribution in [3.63, 3.8) is 0 Å². The Balaban J connectivity index is 2.12. The molecule has 1 aliphatic heterocycles. The predicted octanol–water partition coefficient (Wildman–Crippen LogP) is 3.45. The van der Waals surface area contributed by atoms with E-state index in [0.717, 1.165) is 43.7 Å². The smallest absolute Gasteiger partial charge is 0.119 e. The van der Waals surface area contributed by atoms with Crippen LogP contribution < -0.4 is 10.5 Å². The third-order valence-electron chi connectivity index (χ3n) is 4.28. The molecule has 3 unspecified atom stereocenters. The first-order chi connectivity index (χ1) is 10.1. The molecule has 0 saturated carbocycles. The van der Waals surface area contributed by atoms with Crippen molar-refractivity contribution in [3.05, 3.63) is 29.8 Å². The van der Waals surface area contributed by atoms with Gasteiger partial charge in [0.1, 0.15) is 5.75 Å². The summed E-state index contributed by atoms with van der Waals surface area (Å²) >= 11 is 0. The van der Waals surface area contributed by atoms with Gasteiger partial charge in [-0.2, -0.15) is 0 Å². The Morgan fingerprint density at radius 3 is 2.62 bits per heavy atom. The second kappa shape index (κ2) is 7.81. The quantitative estimate of drug-likeness (QED) is 0.872. The van der Waals surface area contributed by atoms with E-state index in [1.807, 2.05) is 6.07 Å². The van der Waals surface area contributed by atoms with Crippen LogP contribution in [0.2, 0.25) is 0 Å². The normalized spacial score (nSPS) is 24.8. The van der Waals surface area contributed by atoms with Crippen molar-refractivity contribution in [1.82, 2.24) is 4.90 Å². The first-order valence-electron chi connectivity index (χ1n) is 8.30. The van der Waals surface area contributed by atoms with Crippen LogP contribution in [0.3, 0.4) is 0 Å². The lowest BCUT2D eigenvalue weighted by Gasteiger charge is -2.40. The van der Waals surface area contributed by atoms with Gasteiger partial charge in [0.05, 0.1) is 6.61 Å². The van der Waals surface area contributed by atoms with E-state index < -0.39 is 0 Å². The molecule has 0 bridgehead atoms. The van der Waals surface area contributed by atoms with Crippen LogP contribution in [0.1, 0.15) is 45.2 Å². The minimum absolute atomic E-state index is 0.306. The molecule has 0 spiro atoms.